The van der Waals surface area contributed by atoms with Crippen LogP contribution in [0.15, 0.2) is 12.2 Å². The van der Waals surface area contributed by atoms with E-state index in [2.05, 4.69) is 159 Å². The fourth-order valence-electron chi connectivity index (χ4n) is 42.6. The third-order valence-electron chi connectivity index (χ3n) is 50.3. The second-order valence-electron chi connectivity index (χ2n) is 56.7. The molecule has 0 radical (unpaired) electrons. The van der Waals surface area contributed by atoms with E-state index in [9.17, 15) is 20.4 Å². The van der Waals surface area contributed by atoms with Crippen molar-refractivity contribution in [3.63, 3.8) is 0 Å². The molecule has 20 aliphatic carbocycles. The van der Waals surface area contributed by atoms with Crippen molar-refractivity contribution in [1.29, 1.82) is 0 Å². The minimum absolute atomic E-state index is 0.0202. The maximum atomic E-state index is 11.5. The zero-order valence-electron chi connectivity index (χ0n) is 88.2. The van der Waals surface area contributed by atoms with Crippen molar-refractivity contribution in [2.24, 2.45) is 226 Å². The lowest BCUT2D eigenvalue weighted by molar-refractivity contribution is -0.420. The van der Waals surface area contributed by atoms with Crippen molar-refractivity contribution in [1.82, 2.24) is 0 Å². The average molecular weight is 1810 g/mol. The summed E-state index contributed by atoms with van der Waals surface area (Å²) in [6.07, 6.45) is 58.8. The van der Waals surface area contributed by atoms with Crippen LogP contribution < -0.4 is 0 Å². The number of fused-ring (bicyclic) bond motifs is 27. The fraction of sp³-hybridized carbons (Fsp3) is 0.983. The highest BCUT2D eigenvalue weighted by Crippen LogP contribution is 2.77. The lowest BCUT2D eigenvalue weighted by Crippen LogP contribution is -2.64. The van der Waals surface area contributed by atoms with Crippen molar-refractivity contribution >= 4 is 0 Å². The Balaban J connectivity index is 0.000000110. The highest BCUT2D eigenvalue weighted by atomic mass is 17.2. The summed E-state index contributed by atoms with van der Waals surface area (Å²) in [6.45, 7) is 60.5. The molecule has 20 saturated carbocycles. The van der Waals surface area contributed by atoms with E-state index in [0.717, 1.165) is 219 Å². The molecular formula is C120H204O10. The van der Waals surface area contributed by atoms with E-state index in [1.54, 1.807) is 0 Å². The SMILES string of the molecule is C=C1CC[C@H]2[C@@H]3CC[C@@H]4C[C@H](C)CC[C@]4(C)C3CC(O)[C@]12C.CCC[C@@H](C)[C@H]1CC[C@H]2[C@@H]3CC[C@@H]4C[C@H](C)CC[C@]4(C)C3CC(O)[C@]12C.CCC[C@@H](C)[C@H]1CC[C@H]2[C@@H]3CC[C@@H]4C[C@H](C)CC[C@]4(C)C3CC(O)[C@]12C.C[C@@H]1CC[C@]2(C)C3CC(O)[C@@]4(C)[C@@H](CCC45OCCCO5)[C@@H]3CC[C@@H]2C1.C[C@@H]1CC[C@]2(C)C3CC(OOC(C)(C)C)[C@@]4(C)[C@@H](CCC45OCCO5)[C@@H]3CC[C@@H]2C1. The molecule has 2 heterocycles. The first-order valence-corrected chi connectivity index (χ1v) is 57.8. The lowest BCUT2D eigenvalue weighted by Gasteiger charge is -2.63. The Morgan fingerprint density at radius 1 is 0.346 bits per heavy atom. The van der Waals surface area contributed by atoms with Crippen LogP contribution in [0.5, 0.6) is 0 Å². The van der Waals surface area contributed by atoms with Gasteiger partial charge >= 0.3 is 0 Å². The van der Waals surface area contributed by atoms with Crippen LogP contribution in [0.1, 0.15) is 441 Å². The van der Waals surface area contributed by atoms with Crippen LogP contribution in [0.25, 0.3) is 0 Å². The molecule has 130 heavy (non-hydrogen) atoms. The molecule has 10 unspecified atom stereocenters. The number of rotatable bonds is 8. The van der Waals surface area contributed by atoms with Crippen LogP contribution in [-0.2, 0) is 28.7 Å². The summed E-state index contributed by atoms with van der Waals surface area (Å²) in [5.74, 6) is 22.5. The molecule has 0 bridgehead atoms. The number of hydrogen-bond donors (Lipinski definition) is 4. The van der Waals surface area contributed by atoms with E-state index < -0.39 is 11.6 Å². The molecule has 744 valence electrons. The van der Waals surface area contributed by atoms with Crippen LogP contribution in [0.3, 0.4) is 0 Å². The second kappa shape index (κ2) is 36.9. The molecule has 10 heteroatoms. The Labute approximate surface area is 797 Å². The van der Waals surface area contributed by atoms with Gasteiger partial charge in [0, 0.05) is 18.3 Å². The molecular weight excluding hydrogens is 1600 g/mol. The summed E-state index contributed by atoms with van der Waals surface area (Å²) in [7, 11) is 0. The van der Waals surface area contributed by atoms with Gasteiger partial charge in [-0.15, -0.1) is 0 Å². The van der Waals surface area contributed by atoms with Crippen molar-refractivity contribution in [2.45, 2.75) is 489 Å². The van der Waals surface area contributed by atoms with Crippen LogP contribution in [0.2, 0.25) is 0 Å². The minimum Gasteiger partial charge on any atom is -0.393 e. The quantitative estimate of drug-likeness (QED) is 0.106. The van der Waals surface area contributed by atoms with E-state index >= 15 is 0 Å². The van der Waals surface area contributed by atoms with Gasteiger partial charge in [0.2, 0.25) is 0 Å². The largest absolute Gasteiger partial charge is 0.393 e. The normalized spacial score (nSPS) is 54.5. The summed E-state index contributed by atoms with van der Waals surface area (Å²) in [5, 5.41) is 45.6. The van der Waals surface area contributed by atoms with Crippen molar-refractivity contribution in [3.8, 4) is 0 Å². The third kappa shape index (κ3) is 16.0. The Bertz CT molecular complexity index is 3740. The molecule has 0 aromatic rings. The molecule has 0 amide bonds. The first kappa shape index (κ1) is 99.5. The summed E-state index contributed by atoms with van der Waals surface area (Å²) < 4.78 is 25.4. The number of ether oxygens (including phenoxy) is 4. The summed E-state index contributed by atoms with van der Waals surface area (Å²) in [4.78, 5) is 12.4. The van der Waals surface area contributed by atoms with E-state index in [4.69, 9.17) is 28.7 Å². The first-order chi connectivity index (χ1) is 61.5. The van der Waals surface area contributed by atoms with E-state index in [0.29, 0.717) is 64.0 Å². The van der Waals surface area contributed by atoms with Gasteiger partial charge in [-0.3, -0.25) is 0 Å². The molecule has 0 aromatic heterocycles. The summed E-state index contributed by atoms with van der Waals surface area (Å²) in [6, 6.07) is 0. The van der Waals surface area contributed by atoms with E-state index in [1.807, 2.05) is 0 Å². The molecule has 2 aliphatic heterocycles. The zero-order chi connectivity index (χ0) is 92.6. The average Bonchev–Trinajstić information content (AvgIpc) is 1.53. The van der Waals surface area contributed by atoms with Gasteiger partial charge in [0.05, 0.1) is 67.3 Å². The maximum Gasteiger partial charge on any atom is 0.176 e. The maximum absolute atomic E-state index is 11.5. The molecule has 22 fully saturated rings. The number of hydrogen-bond acceptors (Lipinski definition) is 10. The molecule has 22 rings (SSSR count). The predicted octanol–water partition coefficient (Wildman–Crippen LogP) is 29.5. The Morgan fingerprint density at radius 2 is 0.669 bits per heavy atom. The summed E-state index contributed by atoms with van der Waals surface area (Å²) >= 11 is 0. The van der Waals surface area contributed by atoms with Crippen molar-refractivity contribution in [2.75, 3.05) is 26.4 Å². The number of aliphatic hydroxyl groups is 4. The Morgan fingerprint density at radius 3 is 1.04 bits per heavy atom. The summed E-state index contributed by atoms with van der Waals surface area (Å²) in [5.41, 5.74) is 3.51. The van der Waals surface area contributed by atoms with Crippen molar-refractivity contribution in [3.05, 3.63) is 12.2 Å². The molecule has 0 aromatic carbocycles. The Hall–Kier alpha value is -0.660. The van der Waals surface area contributed by atoms with Gasteiger partial charge < -0.3 is 39.4 Å². The molecule has 44 atom stereocenters. The zero-order valence-corrected chi connectivity index (χ0v) is 88.2. The molecule has 10 nitrogen and oxygen atoms in total. The Kier molecular flexibility index (Phi) is 28.3. The molecule has 2 spiro atoms. The third-order valence-corrected chi connectivity index (χ3v) is 50.3. The predicted molar refractivity (Wildman–Crippen MR) is 529 cm³/mol. The highest BCUT2D eigenvalue weighted by molar-refractivity contribution is 5.26. The van der Waals surface area contributed by atoms with Gasteiger partial charge in [0.15, 0.2) is 11.6 Å². The van der Waals surface area contributed by atoms with Crippen LogP contribution in [0.4, 0.5) is 0 Å². The molecule has 4 N–H and O–H groups in total. The van der Waals surface area contributed by atoms with Gasteiger partial charge in [-0.05, 0) is 449 Å². The highest BCUT2D eigenvalue weighted by Gasteiger charge is 2.75. The molecule has 2 saturated heterocycles. The van der Waals surface area contributed by atoms with E-state index in [-0.39, 0.29) is 63.2 Å². The van der Waals surface area contributed by atoms with Crippen molar-refractivity contribution < 1.29 is 49.1 Å². The topological polar surface area (TPSA) is 136 Å². The van der Waals surface area contributed by atoms with Crippen LogP contribution >= 0.6 is 0 Å². The monoisotopic (exact) mass is 1810 g/mol. The van der Waals surface area contributed by atoms with Gasteiger partial charge in [-0.1, -0.05) is 201 Å². The molecule has 22 aliphatic rings. The van der Waals surface area contributed by atoms with Gasteiger partial charge in [-0.2, -0.15) is 0 Å². The standard InChI is InChI=1S/C26H44O4.2C25H44O.C23H38O3.C21H34O/c1-17-9-11-24(5)18(15-17)7-8-19-20-10-12-26(27-13-14-28-26)25(20,6)22(16-21(19)24)29-30-23(2,3)4;2*1-6-7-17(3)20-10-11-21-19-9-8-18-14-16(2)12-13-24(18,4)22(19)15-23(26)25(20,21)5;1-15-7-9-21(2)16(13-15)5-6-17-18-8-10-23(25-11-4-12-26-23)22(18,3)20(24)14-19(17)21;1-13-9-10-20(3)15(11-13)6-7-16-17-8-5-14(2)21(17,4)19(22)12-18(16)20/h17-22H,7-16H2,1-6H3;2*16-23,26H,6-15H2,1-5H3;15-20,24H,4-14H2,1-3H3;13,15-19,22H,2,5-12H2,1,3-4H3/t17-,18-,19+,20+,21?,22?,24+,25-;2*16-,17-,18-,19+,20-,21+,22?,23?,24+,25-;15-,16-,17+,18+,19?,20?,21+,22-;13-,15-,16+,17+,18?,19?,20+,21-/m11111/s1. The van der Waals surface area contributed by atoms with Gasteiger partial charge in [-0.25, -0.2) is 9.78 Å². The van der Waals surface area contributed by atoms with Crippen LogP contribution in [-0.4, -0.2) is 94.5 Å². The van der Waals surface area contributed by atoms with E-state index in [1.165, 1.54) is 237 Å². The van der Waals surface area contributed by atoms with Crippen LogP contribution in [0, 0.1) is 226 Å². The van der Waals surface area contributed by atoms with Gasteiger partial charge in [0.1, 0.15) is 6.10 Å². The lowest BCUT2D eigenvalue weighted by atomic mass is 9.43. The number of aliphatic hydroxyl groups excluding tert-OH is 4. The first-order valence-electron chi connectivity index (χ1n) is 57.8. The fourth-order valence-corrected chi connectivity index (χ4v) is 42.6. The van der Waals surface area contributed by atoms with Gasteiger partial charge in [0.25, 0.3) is 0 Å². The second-order valence-corrected chi connectivity index (χ2v) is 56.7. The smallest absolute Gasteiger partial charge is 0.176 e. The minimum atomic E-state index is -0.515.